The molecule has 0 atom stereocenters. The van der Waals surface area contributed by atoms with Gasteiger partial charge in [-0.2, -0.15) is 0 Å². The number of ether oxygens (including phenoxy) is 1. The Bertz CT molecular complexity index is 285. The normalized spacial score (nSPS) is 16.9. The second kappa shape index (κ2) is 6.55. The van der Waals surface area contributed by atoms with Crippen molar-refractivity contribution in [1.29, 1.82) is 0 Å². The van der Waals surface area contributed by atoms with Crippen molar-refractivity contribution in [1.82, 2.24) is 5.32 Å². The zero-order valence-electron chi connectivity index (χ0n) is 8.41. The predicted molar refractivity (Wildman–Crippen MR) is 72.9 cm³/mol. The summed E-state index contributed by atoms with van der Waals surface area (Å²) in [5, 5.41) is 3.33. The fourth-order valence-corrected chi connectivity index (χ4v) is 1.98. The molecule has 4 heteroatoms. The van der Waals surface area contributed by atoms with E-state index in [1.807, 2.05) is 12.1 Å². The maximum atomic E-state index is 5.87. The van der Waals surface area contributed by atoms with Gasteiger partial charge in [-0.15, -0.1) is 12.4 Å². The Morgan fingerprint density at radius 3 is 2.33 bits per heavy atom. The Morgan fingerprint density at radius 2 is 1.73 bits per heavy atom. The summed E-state index contributed by atoms with van der Waals surface area (Å²) in [6.07, 6.45) is 2.63. The first kappa shape index (κ1) is 13.1. The molecule has 0 aliphatic carbocycles. The van der Waals surface area contributed by atoms with Crippen LogP contribution in [0.2, 0.25) is 0 Å². The van der Waals surface area contributed by atoms with Gasteiger partial charge in [-0.1, -0.05) is 0 Å². The van der Waals surface area contributed by atoms with Gasteiger partial charge in [0.05, 0.1) is 0 Å². The molecule has 1 fully saturated rings. The number of hydrogen-bond acceptors (Lipinski definition) is 2. The summed E-state index contributed by atoms with van der Waals surface area (Å²) in [6, 6.07) is 8.25. The highest BCUT2D eigenvalue weighted by Crippen LogP contribution is 2.17. The van der Waals surface area contributed by atoms with E-state index in [0.29, 0.717) is 6.10 Å². The lowest BCUT2D eigenvalue weighted by molar-refractivity contribution is 0.162. The van der Waals surface area contributed by atoms with Gasteiger partial charge in [-0.3, -0.25) is 0 Å². The molecule has 0 bridgehead atoms. The van der Waals surface area contributed by atoms with Crippen molar-refractivity contribution < 1.29 is 4.74 Å². The van der Waals surface area contributed by atoms with E-state index in [9.17, 15) is 0 Å². The van der Waals surface area contributed by atoms with Crippen LogP contribution in [0.5, 0.6) is 5.75 Å². The van der Waals surface area contributed by atoms with Gasteiger partial charge in [0.2, 0.25) is 0 Å². The third kappa shape index (κ3) is 4.17. The maximum absolute atomic E-state index is 5.87. The minimum atomic E-state index is 0. The highest BCUT2D eigenvalue weighted by atomic mass is 127. The minimum absolute atomic E-state index is 0. The van der Waals surface area contributed by atoms with Crippen LogP contribution in [-0.4, -0.2) is 19.2 Å². The molecule has 1 aromatic rings. The summed E-state index contributed by atoms with van der Waals surface area (Å²) < 4.78 is 7.12. The quantitative estimate of drug-likeness (QED) is 0.837. The summed E-state index contributed by atoms with van der Waals surface area (Å²) in [6.45, 7) is 2.16. The van der Waals surface area contributed by atoms with Crippen molar-refractivity contribution >= 4 is 35.0 Å². The van der Waals surface area contributed by atoms with Crippen LogP contribution in [-0.2, 0) is 0 Å². The number of nitrogens with one attached hydrogen (secondary N) is 1. The summed E-state index contributed by atoms with van der Waals surface area (Å²) in [7, 11) is 0. The molecule has 0 spiro atoms. The second-order valence-corrected chi connectivity index (χ2v) is 4.77. The molecule has 1 aliphatic rings. The third-order valence-corrected chi connectivity index (χ3v) is 3.12. The first-order valence-corrected chi connectivity index (χ1v) is 6.05. The number of benzene rings is 1. The molecular weight excluding hydrogens is 324 g/mol. The first-order chi connectivity index (χ1) is 6.84. The summed E-state index contributed by atoms with van der Waals surface area (Å²) in [5.74, 6) is 0.998. The van der Waals surface area contributed by atoms with Crippen molar-refractivity contribution in [3.05, 3.63) is 27.8 Å². The molecule has 0 amide bonds. The molecule has 0 aromatic heterocycles. The topological polar surface area (TPSA) is 21.3 Å². The van der Waals surface area contributed by atoms with Crippen molar-refractivity contribution in [3.8, 4) is 5.75 Å². The van der Waals surface area contributed by atoms with Gasteiger partial charge in [-0.05, 0) is 72.8 Å². The third-order valence-electron chi connectivity index (χ3n) is 2.40. The van der Waals surface area contributed by atoms with Gasteiger partial charge < -0.3 is 10.1 Å². The molecule has 0 unspecified atom stereocenters. The molecule has 1 aliphatic heterocycles. The predicted octanol–water partition coefficient (Wildman–Crippen LogP) is 2.84. The Labute approximate surface area is 110 Å². The van der Waals surface area contributed by atoms with Gasteiger partial charge in [0.1, 0.15) is 11.9 Å². The zero-order chi connectivity index (χ0) is 9.80. The highest BCUT2D eigenvalue weighted by Gasteiger charge is 2.13. The molecule has 1 heterocycles. The lowest BCUT2D eigenvalue weighted by Gasteiger charge is -2.23. The lowest BCUT2D eigenvalue weighted by Crippen LogP contribution is -2.34. The highest BCUT2D eigenvalue weighted by molar-refractivity contribution is 14.1. The summed E-state index contributed by atoms with van der Waals surface area (Å²) >= 11 is 2.30. The van der Waals surface area contributed by atoms with E-state index in [0.717, 1.165) is 31.7 Å². The van der Waals surface area contributed by atoms with Gasteiger partial charge in [0, 0.05) is 3.57 Å². The summed E-state index contributed by atoms with van der Waals surface area (Å²) in [5.41, 5.74) is 0. The van der Waals surface area contributed by atoms with Crippen LogP contribution in [0.4, 0.5) is 0 Å². The number of rotatable bonds is 2. The fraction of sp³-hybridized carbons (Fsp3) is 0.455. The Balaban J connectivity index is 0.00000112. The van der Waals surface area contributed by atoms with Crippen LogP contribution in [0, 0.1) is 3.57 Å². The molecule has 2 nitrogen and oxygen atoms in total. The smallest absolute Gasteiger partial charge is 0.119 e. The van der Waals surface area contributed by atoms with Crippen molar-refractivity contribution in [2.75, 3.05) is 13.1 Å². The van der Waals surface area contributed by atoms with Crippen LogP contribution in [0.1, 0.15) is 12.8 Å². The lowest BCUT2D eigenvalue weighted by atomic mass is 10.1. The standard InChI is InChI=1S/C11H14INO.ClH/c12-9-1-3-10(4-2-9)14-11-5-7-13-8-6-11;/h1-4,11,13H,5-8H2;1H. The fourth-order valence-electron chi connectivity index (χ4n) is 1.62. The molecule has 2 rings (SSSR count). The molecule has 0 saturated carbocycles. The molecule has 0 radical (unpaired) electrons. The number of halogens is 2. The SMILES string of the molecule is Cl.Ic1ccc(OC2CCNCC2)cc1. The van der Waals surface area contributed by atoms with E-state index in [2.05, 4.69) is 40.0 Å². The molecule has 1 N–H and O–H groups in total. The van der Waals surface area contributed by atoms with Crippen LogP contribution >= 0.6 is 35.0 Å². The average Bonchev–Trinajstić information content (AvgIpc) is 2.23. The summed E-state index contributed by atoms with van der Waals surface area (Å²) in [4.78, 5) is 0. The van der Waals surface area contributed by atoms with E-state index in [1.54, 1.807) is 0 Å². The Morgan fingerprint density at radius 1 is 1.13 bits per heavy atom. The first-order valence-electron chi connectivity index (χ1n) is 4.97. The second-order valence-electron chi connectivity index (χ2n) is 3.52. The van der Waals surface area contributed by atoms with Crippen molar-refractivity contribution in [2.24, 2.45) is 0 Å². The monoisotopic (exact) mass is 339 g/mol. The molecule has 84 valence electrons. The van der Waals surface area contributed by atoms with E-state index >= 15 is 0 Å². The van der Waals surface area contributed by atoms with Crippen LogP contribution in [0.25, 0.3) is 0 Å². The van der Waals surface area contributed by atoms with Crippen molar-refractivity contribution in [3.63, 3.8) is 0 Å². The molecule has 15 heavy (non-hydrogen) atoms. The van der Waals surface area contributed by atoms with E-state index < -0.39 is 0 Å². The Hall–Kier alpha value is 0. The van der Waals surface area contributed by atoms with Gasteiger partial charge >= 0.3 is 0 Å². The van der Waals surface area contributed by atoms with E-state index in [1.165, 1.54) is 3.57 Å². The molecule has 1 saturated heterocycles. The largest absolute Gasteiger partial charge is 0.490 e. The Kier molecular flexibility index (Phi) is 5.71. The zero-order valence-corrected chi connectivity index (χ0v) is 11.4. The van der Waals surface area contributed by atoms with Crippen LogP contribution in [0.15, 0.2) is 24.3 Å². The van der Waals surface area contributed by atoms with Crippen LogP contribution < -0.4 is 10.1 Å². The van der Waals surface area contributed by atoms with Gasteiger partial charge in [0.25, 0.3) is 0 Å². The number of piperidine rings is 1. The van der Waals surface area contributed by atoms with Crippen molar-refractivity contribution in [2.45, 2.75) is 18.9 Å². The molecular formula is C11H15ClINO. The number of hydrogen-bond donors (Lipinski definition) is 1. The van der Waals surface area contributed by atoms with E-state index in [-0.39, 0.29) is 12.4 Å². The van der Waals surface area contributed by atoms with Gasteiger partial charge in [0.15, 0.2) is 0 Å². The van der Waals surface area contributed by atoms with Gasteiger partial charge in [-0.25, -0.2) is 0 Å². The van der Waals surface area contributed by atoms with E-state index in [4.69, 9.17) is 4.74 Å². The minimum Gasteiger partial charge on any atom is -0.490 e. The average molecular weight is 340 g/mol. The molecule has 1 aromatic carbocycles. The maximum Gasteiger partial charge on any atom is 0.119 e. The van der Waals surface area contributed by atoms with Crippen LogP contribution in [0.3, 0.4) is 0 Å².